The zero-order valence-corrected chi connectivity index (χ0v) is 14.1. The van der Waals surface area contributed by atoms with E-state index in [2.05, 4.69) is 19.9 Å². The molecule has 2 aliphatic heterocycles. The zero-order valence-electron chi connectivity index (χ0n) is 13.3. The molecule has 2 atom stereocenters. The Labute approximate surface area is 139 Å². The van der Waals surface area contributed by atoms with Gasteiger partial charge >= 0.3 is 0 Å². The molecule has 0 aliphatic carbocycles. The van der Waals surface area contributed by atoms with Gasteiger partial charge in [0.1, 0.15) is 5.69 Å². The van der Waals surface area contributed by atoms with Crippen molar-refractivity contribution in [2.45, 2.75) is 13.8 Å². The van der Waals surface area contributed by atoms with Gasteiger partial charge in [0.05, 0.1) is 5.01 Å². The molecule has 6 nitrogen and oxygen atoms in total. The second-order valence-corrected chi connectivity index (χ2v) is 7.45. The average molecular weight is 329 g/mol. The molecule has 0 spiro atoms. The van der Waals surface area contributed by atoms with Gasteiger partial charge in [-0.1, -0.05) is 0 Å². The SMILES string of the molecule is Cc1ccnc(N2CC3CN(C(=O)c4csc(C)n4)CC3C2)n1. The van der Waals surface area contributed by atoms with Crippen LogP contribution in [0.5, 0.6) is 0 Å². The van der Waals surface area contributed by atoms with Gasteiger partial charge in [-0.15, -0.1) is 11.3 Å². The van der Waals surface area contributed by atoms with Gasteiger partial charge in [-0.2, -0.15) is 0 Å². The van der Waals surface area contributed by atoms with E-state index in [1.165, 1.54) is 11.3 Å². The van der Waals surface area contributed by atoms with Crippen LogP contribution >= 0.6 is 11.3 Å². The van der Waals surface area contributed by atoms with Gasteiger partial charge in [0.15, 0.2) is 0 Å². The molecule has 0 aromatic carbocycles. The summed E-state index contributed by atoms with van der Waals surface area (Å²) in [6, 6.07) is 1.91. The standard InChI is InChI=1S/C16H19N5OS/c1-10-3-4-17-16(18-10)21-7-12-5-20(6-13(12)8-21)15(22)14-9-23-11(2)19-14/h3-4,9,12-13H,5-8H2,1-2H3. The molecule has 1 amide bonds. The number of aryl methyl sites for hydroxylation is 2. The van der Waals surface area contributed by atoms with Crippen LogP contribution in [0.1, 0.15) is 21.2 Å². The molecule has 2 saturated heterocycles. The van der Waals surface area contributed by atoms with Crippen molar-refractivity contribution in [3.8, 4) is 0 Å². The molecule has 0 bridgehead atoms. The minimum atomic E-state index is 0.0714. The van der Waals surface area contributed by atoms with Crippen molar-refractivity contribution in [1.82, 2.24) is 19.9 Å². The average Bonchev–Trinajstić information content (AvgIpc) is 3.20. The van der Waals surface area contributed by atoms with Crippen molar-refractivity contribution >= 4 is 23.2 Å². The Hall–Kier alpha value is -2.02. The number of likely N-dealkylation sites (tertiary alicyclic amines) is 1. The van der Waals surface area contributed by atoms with Crippen molar-refractivity contribution in [2.75, 3.05) is 31.1 Å². The van der Waals surface area contributed by atoms with Crippen LogP contribution in [0.4, 0.5) is 5.95 Å². The number of thiazole rings is 1. The highest BCUT2D eigenvalue weighted by molar-refractivity contribution is 7.09. The lowest BCUT2D eigenvalue weighted by molar-refractivity contribution is 0.0777. The van der Waals surface area contributed by atoms with Crippen LogP contribution in [0, 0.1) is 25.7 Å². The summed E-state index contributed by atoms with van der Waals surface area (Å²) in [5.74, 6) is 1.89. The number of hydrogen-bond donors (Lipinski definition) is 0. The predicted molar refractivity (Wildman–Crippen MR) is 88.7 cm³/mol. The number of aromatic nitrogens is 3. The van der Waals surface area contributed by atoms with Crippen LogP contribution in [-0.4, -0.2) is 51.9 Å². The number of anilines is 1. The minimum Gasteiger partial charge on any atom is -0.340 e. The lowest BCUT2D eigenvalue weighted by atomic mass is 10.0. The Morgan fingerprint density at radius 3 is 2.52 bits per heavy atom. The molecule has 120 valence electrons. The van der Waals surface area contributed by atoms with Crippen LogP contribution in [0.15, 0.2) is 17.6 Å². The second kappa shape index (κ2) is 5.56. The Kier molecular flexibility index (Phi) is 3.52. The van der Waals surface area contributed by atoms with Crippen molar-refractivity contribution in [3.63, 3.8) is 0 Å². The van der Waals surface area contributed by atoms with E-state index in [0.29, 0.717) is 17.5 Å². The first-order chi connectivity index (χ1) is 11.1. The van der Waals surface area contributed by atoms with Crippen molar-refractivity contribution in [2.24, 2.45) is 11.8 Å². The molecule has 2 fully saturated rings. The van der Waals surface area contributed by atoms with E-state index in [-0.39, 0.29) is 5.91 Å². The molecule has 23 heavy (non-hydrogen) atoms. The van der Waals surface area contributed by atoms with E-state index >= 15 is 0 Å². The minimum absolute atomic E-state index is 0.0714. The third-order valence-electron chi connectivity index (χ3n) is 4.68. The molecule has 4 heterocycles. The fourth-order valence-electron chi connectivity index (χ4n) is 3.53. The Morgan fingerprint density at radius 1 is 1.17 bits per heavy atom. The van der Waals surface area contributed by atoms with Crippen molar-refractivity contribution in [3.05, 3.63) is 34.0 Å². The van der Waals surface area contributed by atoms with Gasteiger partial charge in [-0.3, -0.25) is 4.79 Å². The molecule has 0 N–H and O–H groups in total. The number of rotatable bonds is 2. The van der Waals surface area contributed by atoms with Crippen molar-refractivity contribution < 1.29 is 4.79 Å². The van der Waals surface area contributed by atoms with Gasteiger partial charge in [-0.05, 0) is 19.9 Å². The highest BCUT2D eigenvalue weighted by Crippen LogP contribution is 2.33. The van der Waals surface area contributed by atoms with Crippen LogP contribution in [-0.2, 0) is 0 Å². The third kappa shape index (κ3) is 2.69. The highest BCUT2D eigenvalue weighted by atomic mass is 32.1. The van der Waals surface area contributed by atoms with E-state index < -0.39 is 0 Å². The molecule has 2 unspecified atom stereocenters. The molecule has 0 saturated carbocycles. The molecule has 7 heteroatoms. The smallest absolute Gasteiger partial charge is 0.273 e. The topological polar surface area (TPSA) is 62.2 Å². The van der Waals surface area contributed by atoms with Gasteiger partial charge in [-0.25, -0.2) is 15.0 Å². The monoisotopic (exact) mass is 329 g/mol. The molecule has 4 rings (SSSR count). The Balaban J connectivity index is 1.43. The summed E-state index contributed by atoms with van der Waals surface area (Å²) in [6.07, 6.45) is 1.81. The lowest BCUT2D eigenvalue weighted by Gasteiger charge is -2.21. The maximum atomic E-state index is 12.5. The summed E-state index contributed by atoms with van der Waals surface area (Å²) in [5, 5.41) is 2.80. The normalized spacial score (nSPS) is 23.4. The fourth-order valence-corrected chi connectivity index (χ4v) is 4.12. The third-order valence-corrected chi connectivity index (χ3v) is 5.45. The lowest BCUT2D eigenvalue weighted by Crippen LogP contribution is -2.34. The molecule has 2 aromatic heterocycles. The number of hydrogen-bond acceptors (Lipinski definition) is 6. The van der Waals surface area contributed by atoms with Crippen LogP contribution < -0.4 is 4.90 Å². The van der Waals surface area contributed by atoms with E-state index in [4.69, 9.17) is 0 Å². The maximum Gasteiger partial charge on any atom is 0.273 e. The zero-order chi connectivity index (χ0) is 16.0. The van der Waals surface area contributed by atoms with Crippen LogP contribution in [0.3, 0.4) is 0 Å². The summed E-state index contributed by atoms with van der Waals surface area (Å²) < 4.78 is 0. The van der Waals surface area contributed by atoms with Gasteiger partial charge in [0, 0.05) is 55.3 Å². The molecule has 0 radical (unpaired) electrons. The number of carbonyl (C=O) groups is 1. The van der Waals surface area contributed by atoms with E-state index in [9.17, 15) is 4.79 Å². The summed E-state index contributed by atoms with van der Waals surface area (Å²) in [7, 11) is 0. The van der Waals surface area contributed by atoms with Crippen molar-refractivity contribution in [1.29, 1.82) is 0 Å². The Bertz CT molecular complexity index is 732. The van der Waals surface area contributed by atoms with Crippen LogP contribution in [0.25, 0.3) is 0 Å². The largest absolute Gasteiger partial charge is 0.340 e. The highest BCUT2D eigenvalue weighted by Gasteiger charge is 2.42. The molecule has 2 aromatic rings. The quantitative estimate of drug-likeness (QED) is 0.840. The maximum absolute atomic E-state index is 12.5. The van der Waals surface area contributed by atoms with Gasteiger partial charge < -0.3 is 9.80 Å². The molecular weight excluding hydrogens is 310 g/mol. The summed E-state index contributed by atoms with van der Waals surface area (Å²) in [6.45, 7) is 7.38. The first-order valence-electron chi connectivity index (χ1n) is 7.86. The molecular formula is C16H19N5OS. The van der Waals surface area contributed by atoms with Gasteiger partial charge in [0.25, 0.3) is 5.91 Å². The van der Waals surface area contributed by atoms with E-state index in [1.54, 1.807) is 0 Å². The first kappa shape index (κ1) is 14.6. The van der Waals surface area contributed by atoms with Crippen LogP contribution in [0.2, 0.25) is 0 Å². The fraction of sp³-hybridized carbons (Fsp3) is 0.500. The second-order valence-electron chi connectivity index (χ2n) is 6.39. The summed E-state index contributed by atoms with van der Waals surface area (Å²) in [5.41, 5.74) is 1.58. The first-order valence-corrected chi connectivity index (χ1v) is 8.74. The molecule has 2 aliphatic rings. The summed E-state index contributed by atoms with van der Waals surface area (Å²) in [4.78, 5) is 29.9. The number of nitrogens with zero attached hydrogens (tertiary/aromatic N) is 5. The number of carbonyl (C=O) groups excluding carboxylic acids is 1. The number of amides is 1. The summed E-state index contributed by atoms with van der Waals surface area (Å²) >= 11 is 1.53. The predicted octanol–water partition coefficient (Wildman–Crippen LogP) is 1.76. The van der Waals surface area contributed by atoms with E-state index in [1.807, 2.05) is 36.4 Å². The number of fused-ring (bicyclic) bond motifs is 1. The van der Waals surface area contributed by atoms with E-state index in [0.717, 1.165) is 42.8 Å². The Morgan fingerprint density at radius 2 is 1.91 bits per heavy atom. The van der Waals surface area contributed by atoms with Gasteiger partial charge in [0.2, 0.25) is 5.95 Å².